The highest BCUT2D eigenvalue weighted by Gasteiger charge is 2.06. The van der Waals surface area contributed by atoms with E-state index in [0.29, 0.717) is 22.8 Å². The molecular weight excluding hydrogens is 298 g/mol. The molecule has 0 bridgehead atoms. The lowest BCUT2D eigenvalue weighted by Crippen LogP contribution is -2.12. The van der Waals surface area contributed by atoms with Gasteiger partial charge in [-0.15, -0.1) is 0 Å². The maximum Gasteiger partial charge on any atom is 0.224 e. The summed E-state index contributed by atoms with van der Waals surface area (Å²) in [6, 6.07) is 4.98. The van der Waals surface area contributed by atoms with Crippen LogP contribution in [0.15, 0.2) is 29.7 Å². The molecule has 1 aromatic carbocycles. The van der Waals surface area contributed by atoms with Crippen LogP contribution in [0.2, 0.25) is 5.02 Å². The van der Waals surface area contributed by atoms with E-state index in [1.807, 2.05) is 0 Å². The topological polar surface area (TPSA) is 96.7 Å². The van der Waals surface area contributed by atoms with Crippen molar-refractivity contribution in [3.63, 3.8) is 0 Å². The molecule has 0 radical (unpaired) electrons. The average Bonchev–Trinajstić information content (AvgIpc) is 2.92. The Labute approximate surface area is 125 Å². The Balaban J connectivity index is 1.73. The first kappa shape index (κ1) is 14.7. The molecule has 2 rings (SSSR count). The second kappa shape index (κ2) is 7.16. The van der Waals surface area contributed by atoms with Crippen molar-refractivity contribution in [3.05, 3.63) is 29.5 Å². The Morgan fingerprint density at radius 3 is 3.10 bits per heavy atom. The predicted octanol–water partition coefficient (Wildman–Crippen LogP) is 2.55. The summed E-state index contributed by atoms with van der Waals surface area (Å²) in [6.07, 6.45) is 2.60. The number of nitrogens with one attached hydrogen (secondary N) is 2. The number of carbonyl (C=O) groups is 1. The molecule has 8 heteroatoms. The van der Waals surface area contributed by atoms with Gasteiger partial charge in [-0.3, -0.25) is 9.89 Å². The number of nitrogens with two attached hydrogens (primary N) is 1. The van der Waals surface area contributed by atoms with Gasteiger partial charge in [-0.1, -0.05) is 23.4 Å². The molecular formula is C12H14ClN5OS. The first-order valence-electron chi connectivity index (χ1n) is 5.98. The number of aromatic nitrogens is 3. The molecule has 0 atom stereocenters. The van der Waals surface area contributed by atoms with E-state index in [9.17, 15) is 4.79 Å². The summed E-state index contributed by atoms with van der Waals surface area (Å²) in [5.74, 6) is 0.699. The molecule has 1 aromatic heterocycles. The molecule has 6 nitrogen and oxygen atoms in total. The smallest absolute Gasteiger partial charge is 0.224 e. The third-order valence-electron chi connectivity index (χ3n) is 2.47. The van der Waals surface area contributed by atoms with Crippen LogP contribution in [0.25, 0.3) is 0 Å². The van der Waals surface area contributed by atoms with Crippen LogP contribution in [0.5, 0.6) is 0 Å². The van der Waals surface area contributed by atoms with Crippen LogP contribution >= 0.6 is 23.4 Å². The van der Waals surface area contributed by atoms with Crippen LogP contribution < -0.4 is 11.1 Å². The van der Waals surface area contributed by atoms with Gasteiger partial charge in [0.2, 0.25) is 5.91 Å². The van der Waals surface area contributed by atoms with E-state index in [1.54, 1.807) is 18.2 Å². The Morgan fingerprint density at radius 1 is 1.50 bits per heavy atom. The standard InChI is InChI=1S/C12H14ClN5OS/c13-8-3-4-9(14)10(6-8)17-11(19)2-1-5-20-12-15-7-16-18-12/h3-4,6-7H,1-2,5,14H2,(H,17,19)(H,15,16,18). The second-order valence-electron chi connectivity index (χ2n) is 4.02. The third kappa shape index (κ3) is 4.43. The summed E-state index contributed by atoms with van der Waals surface area (Å²) in [6.45, 7) is 0. The van der Waals surface area contributed by atoms with Crippen LogP contribution in [0.3, 0.4) is 0 Å². The number of amides is 1. The van der Waals surface area contributed by atoms with E-state index in [-0.39, 0.29) is 5.91 Å². The lowest BCUT2D eigenvalue weighted by molar-refractivity contribution is -0.116. The lowest BCUT2D eigenvalue weighted by Gasteiger charge is -2.08. The second-order valence-corrected chi connectivity index (χ2v) is 5.54. The average molecular weight is 312 g/mol. The molecule has 1 amide bonds. The predicted molar refractivity (Wildman–Crippen MR) is 80.8 cm³/mol. The van der Waals surface area contributed by atoms with Crippen LogP contribution in [-0.2, 0) is 4.79 Å². The lowest BCUT2D eigenvalue weighted by atomic mass is 10.2. The van der Waals surface area contributed by atoms with Crippen LogP contribution in [-0.4, -0.2) is 26.8 Å². The first-order chi connectivity index (χ1) is 9.65. The number of thioether (sulfide) groups is 1. The maximum atomic E-state index is 11.8. The van der Waals surface area contributed by atoms with Gasteiger partial charge in [-0.05, 0) is 24.6 Å². The normalized spacial score (nSPS) is 10.4. The van der Waals surface area contributed by atoms with Gasteiger partial charge >= 0.3 is 0 Å². The highest BCUT2D eigenvalue weighted by Crippen LogP contribution is 2.23. The Bertz CT molecular complexity index is 575. The van der Waals surface area contributed by atoms with E-state index in [2.05, 4.69) is 20.5 Å². The monoisotopic (exact) mass is 311 g/mol. The maximum absolute atomic E-state index is 11.8. The molecule has 20 heavy (non-hydrogen) atoms. The summed E-state index contributed by atoms with van der Waals surface area (Å²) in [5.41, 5.74) is 6.81. The zero-order valence-corrected chi connectivity index (χ0v) is 12.2. The minimum atomic E-state index is -0.0860. The number of carbonyl (C=O) groups excluding carboxylic acids is 1. The largest absolute Gasteiger partial charge is 0.397 e. The molecule has 0 saturated heterocycles. The molecule has 0 aliphatic carbocycles. The summed E-state index contributed by atoms with van der Waals surface area (Å²) >= 11 is 7.38. The zero-order valence-electron chi connectivity index (χ0n) is 10.6. The van der Waals surface area contributed by atoms with E-state index >= 15 is 0 Å². The van der Waals surface area contributed by atoms with E-state index < -0.39 is 0 Å². The highest BCUT2D eigenvalue weighted by atomic mass is 35.5. The minimum Gasteiger partial charge on any atom is -0.397 e. The number of anilines is 2. The van der Waals surface area contributed by atoms with Gasteiger partial charge in [0.25, 0.3) is 0 Å². The van der Waals surface area contributed by atoms with Crippen molar-refractivity contribution in [2.45, 2.75) is 18.0 Å². The fourth-order valence-corrected chi connectivity index (χ4v) is 2.41. The summed E-state index contributed by atoms with van der Waals surface area (Å²) in [4.78, 5) is 15.8. The van der Waals surface area contributed by atoms with Gasteiger partial charge in [0.15, 0.2) is 5.16 Å². The number of aromatic amines is 1. The molecule has 0 spiro atoms. The number of rotatable bonds is 6. The zero-order chi connectivity index (χ0) is 14.4. The number of nitrogens with zero attached hydrogens (tertiary/aromatic N) is 2. The number of nitrogen functional groups attached to an aromatic ring is 1. The summed E-state index contributed by atoms with van der Waals surface area (Å²) in [7, 11) is 0. The highest BCUT2D eigenvalue weighted by molar-refractivity contribution is 7.99. The van der Waals surface area contributed by atoms with E-state index in [1.165, 1.54) is 18.1 Å². The van der Waals surface area contributed by atoms with Crippen molar-refractivity contribution in [1.82, 2.24) is 15.2 Å². The number of benzene rings is 1. The Kier molecular flexibility index (Phi) is 5.25. The Morgan fingerprint density at radius 2 is 2.35 bits per heavy atom. The molecule has 0 fully saturated rings. The molecule has 0 unspecified atom stereocenters. The van der Waals surface area contributed by atoms with Crippen LogP contribution in [0.4, 0.5) is 11.4 Å². The van der Waals surface area contributed by atoms with Gasteiger partial charge in [-0.2, -0.15) is 5.10 Å². The third-order valence-corrected chi connectivity index (χ3v) is 3.67. The van der Waals surface area contributed by atoms with Crippen molar-refractivity contribution in [2.24, 2.45) is 0 Å². The molecule has 2 aromatic rings. The quantitative estimate of drug-likeness (QED) is 0.433. The van der Waals surface area contributed by atoms with Crippen molar-refractivity contribution >= 4 is 40.6 Å². The van der Waals surface area contributed by atoms with Crippen molar-refractivity contribution in [3.8, 4) is 0 Å². The number of hydrogen-bond acceptors (Lipinski definition) is 5. The van der Waals surface area contributed by atoms with E-state index in [4.69, 9.17) is 17.3 Å². The van der Waals surface area contributed by atoms with Gasteiger partial charge in [0, 0.05) is 17.2 Å². The van der Waals surface area contributed by atoms with Crippen molar-refractivity contribution < 1.29 is 4.79 Å². The van der Waals surface area contributed by atoms with Crippen LogP contribution in [0.1, 0.15) is 12.8 Å². The minimum absolute atomic E-state index is 0.0860. The molecule has 0 aliphatic rings. The molecule has 0 saturated carbocycles. The molecule has 0 aliphatic heterocycles. The molecule has 4 N–H and O–H groups in total. The van der Waals surface area contributed by atoms with Gasteiger partial charge in [0.1, 0.15) is 6.33 Å². The van der Waals surface area contributed by atoms with Crippen molar-refractivity contribution in [2.75, 3.05) is 16.8 Å². The van der Waals surface area contributed by atoms with Gasteiger partial charge < -0.3 is 11.1 Å². The Hall–Kier alpha value is -1.73. The van der Waals surface area contributed by atoms with Gasteiger partial charge in [0.05, 0.1) is 11.4 Å². The summed E-state index contributed by atoms with van der Waals surface area (Å²) < 4.78 is 0. The fraction of sp³-hybridized carbons (Fsp3) is 0.250. The molecule has 1 heterocycles. The fourth-order valence-electron chi connectivity index (χ4n) is 1.51. The molecule has 106 valence electrons. The van der Waals surface area contributed by atoms with Crippen molar-refractivity contribution in [1.29, 1.82) is 0 Å². The van der Waals surface area contributed by atoms with Crippen LogP contribution in [0, 0.1) is 0 Å². The first-order valence-corrected chi connectivity index (χ1v) is 7.34. The number of hydrogen-bond donors (Lipinski definition) is 3. The number of H-pyrrole nitrogens is 1. The van der Waals surface area contributed by atoms with Gasteiger partial charge in [-0.25, -0.2) is 4.98 Å². The number of halogens is 1. The summed E-state index contributed by atoms with van der Waals surface area (Å²) in [5, 5.41) is 10.5. The van der Waals surface area contributed by atoms with E-state index in [0.717, 1.165) is 17.3 Å². The SMILES string of the molecule is Nc1ccc(Cl)cc1NC(=O)CCCSc1ncn[nH]1.